The van der Waals surface area contributed by atoms with Crippen molar-refractivity contribution in [3.8, 4) is 0 Å². The van der Waals surface area contributed by atoms with Crippen LogP contribution in [0, 0.1) is 0 Å². The number of hydrogen-bond donors (Lipinski definition) is 1. The second-order valence-corrected chi connectivity index (χ2v) is 5.65. The lowest BCUT2D eigenvalue weighted by Gasteiger charge is -2.30. The van der Waals surface area contributed by atoms with Crippen LogP contribution in [0.25, 0.3) is 0 Å². The Morgan fingerprint density at radius 1 is 1.19 bits per heavy atom. The minimum atomic E-state index is -2.67. The Labute approximate surface area is 96.1 Å². The van der Waals surface area contributed by atoms with Gasteiger partial charge in [0.25, 0.3) is 0 Å². The van der Waals surface area contributed by atoms with Crippen molar-refractivity contribution in [2.24, 2.45) is 0 Å². The van der Waals surface area contributed by atoms with Gasteiger partial charge in [-0.25, -0.2) is 8.42 Å². The van der Waals surface area contributed by atoms with Gasteiger partial charge in [-0.1, -0.05) is 19.3 Å². The molecule has 0 unspecified atom stereocenters. The summed E-state index contributed by atoms with van der Waals surface area (Å²) in [6.45, 7) is 1.13. The largest absolute Gasteiger partial charge is 0.393 e. The summed E-state index contributed by atoms with van der Waals surface area (Å²) in [6.07, 6.45) is 3.36. The van der Waals surface area contributed by atoms with Crippen molar-refractivity contribution in [2.75, 3.05) is 0 Å². The number of carbonyl (C=O) groups excluding carboxylic acids is 2. The highest BCUT2D eigenvalue weighted by atomic mass is 32.2. The summed E-state index contributed by atoms with van der Waals surface area (Å²) in [7, 11) is -2.67. The number of hydrogen-bond acceptors (Lipinski definition) is 5. The van der Waals surface area contributed by atoms with E-state index in [1.807, 2.05) is 0 Å². The standard InChI is InChI=1S/C10H16O5S/c1-8(11)15-9(12)7-10(16(13)14)5-3-2-4-6-10/h16H,2-7H2,1H3. The highest BCUT2D eigenvalue weighted by Gasteiger charge is 2.38. The van der Waals surface area contributed by atoms with E-state index in [9.17, 15) is 18.0 Å². The molecule has 0 aromatic carbocycles. The third kappa shape index (κ3) is 3.30. The second kappa shape index (κ2) is 5.43. The zero-order chi connectivity index (χ0) is 12.2. The average Bonchev–Trinajstić information content (AvgIpc) is 2.17. The lowest BCUT2D eigenvalue weighted by atomic mass is 9.86. The molecule has 0 aromatic heterocycles. The minimum Gasteiger partial charge on any atom is -0.393 e. The fourth-order valence-corrected chi connectivity index (χ4v) is 3.04. The van der Waals surface area contributed by atoms with E-state index >= 15 is 0 Å². The van der Waals surface area contributed by atoms with Gasteiger partial charge in [0, 0.05) is 6.92 Å². The second-order valence-electron chi connectivity index (χ2n) is 4.18. The molecule has 1 aliphatic carbocycles. The summed E-state index contributed by atoms with van der Waals surface area (Å²) >= 11 is 0. The van der Waals surface area contributed by atoms with Gasteiger partial charge in [0.15, 0.2) is 0 Å². The van der Waals surface area contributed by atoms with Crippen LogP contribution in [0.2, 0.25) is 0 Å². The van der Waals surface area contributed by atoms with Gasteiger partial charge in [0.1, 0.15) is 10.7 Å². The predicted molar refractivity (Wildman–Crippen MR) is 57.5 cm³/mol. The number of esters is 2. The molecule has 1 saturated carbocycles. The zero-order valence-electron chi connectivity index (χ0n) is 9.23. The highest BCUT2D eigenvalue weighted by Crippen LogP contribution is 2.34. The SMILES string of the molecule is CC(=O)OC(=O)CC1([SH](=O)=O)CCCCC1. The molecule has 0 atom stereocenters. The first kappa shape index (κ1) is 13.2. The summed E-state index contributed by atoms with van der Waals surface area (Å²) in [5.41, 5.74) is 0. The topological polar surface area (TPSA) is 77.5 Å². The van der Waals surface area contributed by atoms with Crippen molar-refractivity contribution in [1.29, 1.82) is 0 Å². The molecular formula is C10H16O5S. The lowest BCUT2D eigenvalue weighted by Crippen LogP contribution is -2.36. The van der Waals surface area contributed by atoms with Gasteiger partial charge in [0.2, 0.25) is 0 Å². The van der Waals surface area contributed by atoms with Gasteiger partial charge in [-0.05, 0) is 12.8 Å². The van der Waals surface area contributed by atoms with Crippen LogP contribution >= 0.6 is 0 Å². The molecule has 16 heavy (non-hydrogen) atoms. The van der Waals surface area contributed by atoms with Crippen LogP contribution < -0.4 is 0 Å². The zero-order valence-corrected chi connectivity index (χ0v) is 10.1. The minimum absolute atomic E-state index is 0.203. The summed E-state index contributed by atoms with van der Waals surface area (Å²) in [5, 5.41) is 0. The average molecular weight is 248 g/mol. The van der Waals surface area contributed by atoms with Gasteiger partial charge in [0.05, 0.1) is 11.2 Å². The Morgan fingerprint density at radius 3 is 2.19 bits per heavy atom. The lowest BCUT2D eigenvalue weighted by molar-refractivity contribution is -0.158. The van der Waals surface area contributed by atoms with Crippen molar-refractivity contribution in [3.05, 3.63) is 0 Å². The fraction of sp³-hybridized carbons (Fsp3) is 0.800. The van der Waals surface area contributed by atoms with E-state index in [2.05, 4.69) is 4.74 Å². The van der Waals surface area contributed by atoms with Crippen molar-refractivity contribution < 1.29 is 22.7 Å². The third-order valence-corrected chi connectivity index (χ3v) is 4.28. The van der Waals surface area contributed by atoms with E-state index in [0.717, 1.165) is 26.2 Å². The van der Waals surface area contributed by atoms with Crippen LogP contribution in [-0.2, 0) is 25.0 Å². The molecule has 1 aliphatic rings. The molecule has 5 nitrogen and oxygen atoms in total. The van der Waals surface area contributed by atoms with Crippen LogP contribution in [0.3, 0.4) is 0 Å². The summed E-state index contributed by atoms with van der Waals surface area (Å²) < 4.78 is 25.9. The molecule has 0 bridgehead atoms. The van der Waals surface area contributed by atoms with Crippen LogP contribution in [0.15, 0.2) is 0 Å². The van der Waals surface area contributed by atoms with Crippen molar-refractivity contribution >= 4 is 22.6 Å². The van der Waals surface area contributed by atoms with E-state index < -0.39 is 27.4 Å². The molecule has 0 radical (unpaired) electrons. The van der Waals surface area contributed by atoms with Crippen molar-refractivity contribution in [2.45, 2.75) is 50.2 Å². The number of ether oxygens (including phenoxy) is 1. The first-order chi connectivity index (χ1) is 7.46. The van der Waals surface area contributed by atoms with Gasteiger partial charge >= 0.3 is 11.9 Å². The third-order valence-electron chi connectivity index (χ3n) is 2.90. The molecule has 1 fully saturated rings. The molecule has 0 N–H and O–H groups in total. The molecule has 0 heterocycles. The molecule has 0 saturated heterocycles. The van der Waals surface area contributed by atoms with Gasteiger partial charge in [-0.2, -0.15) is 0 Å². The first-order valence-corrected chi connectivity index (χ1v) is 6.50. The molecule has 0 amide bonds. The Hall–Kier alpha value is -0.910. The summed E-state index contributed by atoms with van der Waals surface area (Å²) in [5.74, 6) is -1.44. The maximum Gasteiger partial charge on any atom is 0.315 e. The number of carbonyl (C=O) groups is 2. The highest BCUT2D eigenvalue weighted by molar-refractivity contribution is 7.74. The van der Waals surface area contributed by atoms with Gasteiger partial charge in [-0.15, -0.1) is 0 Å². The van der Waals surface area contributed by atoms with E-state index in [1.165, 1.54) is 0 Å². The molecule has 6 heteroatoms. The van der Waals surface area contributed by atoms with Crippen molar-refractivity contribution in [1.82, 2.24) is 0 Å². The van der Waals surface area contributed by atoms with E-state index in [0.29, 0.717) is 12.8 Å². The summed E-state index contributed by atoms with van der Waals surface area (Å²) in [4.78, 5) is 21.9. The smallest absolute Gasteiger partial charge is 0.315 e. The molecule has 1 rings (SSSR count). The van der Waals surface area contributed by atoms with Crippen LogP contribution in [0.1, 0.15) is 45.4 Å². The Balaban J connectivity index is 2.71. The summed E-state index contributed by atoms with van der Waals surface area (Å²) in [6, 6.07) is 0. The number of thiol groups is 1. The Morgan fingerprint density at radius 2 is 1.75 bits per heavy atom. The van der Waals surface area contributed by atoms with E-state index in [1.54, 1.807) is 0 Å². The van der Waals surface area contributed by atoms with Crippen LogP contribution in [0.5, 0.6) is 0 Å². The van der Waals surface area contributed by atoms with E-state index in [-0.39, 0.29) is 6.42 Å². The molecule has 0 aliphatic heterocycles. The number of rotatable bonds is 3. The van der Waals surface area contributed by atoms with Gasteiger partial charge < -0.3 is 4.74 Å². The predicted octanol–water partition coefficient (Wildman–Crippen LogP) is 0.780. The molecule has 0 aromatic rings. The van der Waals surface area contributed by atoms with E-state index in [4.69, 9.17) is 0 Å². The van der Waals surface area contributed by atoms with Crippen molar-refractivity contribution in [3.63, 3.8) is 0 Å². The fourth-order valence-electron chi connectivity index (χ4n) is 2.10. The Bertz CT molecular complexity index is 344. The van der Waals surface area contributed by atoms with Crippen LogP contribution in [0.4, 0.5) is 0 Å². The maximum absolute atomic E-state index is 11.3. The molecule has 0 spiro atoms. The molecule has 92 valence electrons. The Kier molecular flexibility index (Phi) is 4.46. The quantitative estimate of drug-likeness (QED) is 0.453. The molecular weight excluding hydrogens is 232 g/mol. The van der Waals surface area contributed by atoms with Gasteiger partial charge in [-0.3, -0.25) is 9.59 Å². The first-order valence-electron chi connectivity index (χ1n) is 5.32. The monoisotopic (exact) mass is 248 g/mol. The normalized spacial score (nSPS) is 19.4. The maximum atomic E-state index is 11.3. The van der Waals surface area contributed by atoms with Crippen LogP contribution in [-0.4, -0.2) is 25.1 Å².